The van der Waals surface area contributed by atoms with Crippen molar-refractivity contribution in [3.8, 4) is 0 Å². The number of allylic oxidation sites excluding steroid dienone is 1. The molecule has 1 saturated carbocycles. The second-order valence-electron chi connectivity index (χ2n) is 2.37. The average Bonchev–Trinajstić information content (AvgIpc) is 2.26. The van der Waals surface area contributed by atoms with E-state index in [1.165, 1.54) is 0 Å². The first-order chi connectivity index (χ1) is 3.39. The van der Waals surface area contributed by atoms with Crippen molar-refractivity contribution in [2.24, 2.45) is 11.8 Å². The predicted molar refractivity (Wildman–Crippen MR) is 33.2 cm³/mol. The Hall–Kier alpha value is 0.0900. The lowest BCUT2D eigenvalue weighted by molar-refractivity contribution is 0.899. The third kappa shape index (κ3) is 0.394. The highest BCUT2D eigenvalue weighted by atomic mass is 32.2. The molecule has 1 heterocycles. The van der Waals surface area contributed by atoms with Crippen molar-refractivity contribution < 1.29 is 0 Å². The molecule has 0 bridgehead atoms. The quantitative estimate of drug-likeness (QED) is 0.461. The molecule has 0 saturated heterocycles. The molecule has 0 amide bonds. The highest BCUT2D eigenvalue weighted by Gasteiger charge is 2.47. The van der Waals surface area contributed by atoms with E-state index in [0.29, 0.717) is 0 Å². The van der Waals surface area contributed by atoms with Crippen LogP contribution in [-0.2, 0) is 0 Å². The van der Waals surface area contributed by atoms with Gasteiger partial charge >= 0.3 is 0 Å². The molecule has 38 valence electrons. The highest BCUT2D eigenvalue weighted by Crippen LogP contribution is 2.53. The van der Waals surface area contributed by atoms with E-state index < -0.39 is 0 Å². The SMILES string of the molecule is C[C@H]1[C@@H]2C=CS[C@H]12. The fourth-order valence-corrected chi connectivity index (χ4v) is 2.49. The first kappa shape index (κ1) is 4.02. The molecule has 0 aromatic heterocycles. The second-order valence-corrected chi connectivity index (χ2v) is 3.45. The van der Waals surface area contributed by atoms with Gasteiger partial charge in [-0.15, -0.1) is 11.8 Å². The van der Waals surface area contributed by atoms with Crippen LogP contribution in [0.5, 0.6) is 0 Å². The lowest BCUT2D eigenvalue weighted by atomic mass is 10.3. The van der Waals surface area contributed by atoms with Crippen LogP contribution in [0.15, 0.2) is 11.5 Å². The molecule has 0 radical (unpaired) electrons. The Bertz CT molecular complexity index is 117. The number of rotatable bonds is 0. The van der Waals surface area contributed by atoms with Crippen LogP contribution in [-0.4, -0.2) is 5.25 Å². The average molecular weight is 112 g/mol. The normalized spacial score (nSPS) is 54.7. The van der Waals surface area contributed by atoms with Gasteiger partial charge in [0.25, 0.3) is 0 Å². The Balaban J connectivity index is 2.18. The van der Waals surface area contributed by atoms with Crippen LogP contribution in [0.2, 0.25) is 0 Å². The van der Waals surface area contributed by atoms with Crippen molar-refractivity contribution >= 4 is 11.8 Å². The summed E-state index contributed by atoms with van der Waals surface area (Å²) in [6.07, 6.45) is 2.33. The molecule has 3 atom stereocenters. The van der Waals surface area contributed by atoms with Gasteiger partial charge in [0.1, 0.15) is 0 Å². The first-order valence-corrected chi connectivity index (χ1v) is 3.66. The van der Waals surface area contributed by atoms with Gasteiger partial charge in [-0.1, -0.05) is 13.0 Å². The summed E-state index contributed by atoms with van der Waals surface area (Å²) in [6, 6.07) is 0. The van der Waals surface area contributed by atoms with Crippen LogP contribution in [0.4, 0.5) is 0 Å². The minimum absolute atomic E-state index is 0.963. The Labute approximate surface area is 48.0 Å². The second kappa shape index (κ2) is 1.08. The van der Waals surface area contributed by atoms with E-state index in [4.69, 9.17) is 0 Å². The standard InChI is InChI=1S/C6H8S/c1-4-5-2-3-7-6(4)5/h2-6H,1H3/t4-,5-,6+/m0/s1. The molecule has 1 fully saturated rings. The van der Waals surface area contributed by atoms with Gasteiger partial charge in [-0.25, -0.2) is 0 Å². The monoisotopic (exact) mass is 112 g/mol. The summed E-state index contributed by atoms with van der Waals surface area (Å²) in [6.45, 7) is 2.33. The van der Waals surface area contributed by atoms with E-state index in [2.05, 4.69) is 18.4 Å². The van der Waals surface area contributed by atoms with Gasteiger partial charge in [-0.2, -0.15) is 0 Å². The van der Waals surface area contributed by atoms with Crippen LogP contribution in [0.1, 0.15) is 6.92 Å². The lowest BCUT2D eigenvalue weighted by Gasteiger charge is -1.81. The Morgan fingerprint density at radius 2 is 2.43 bits per heavy atom. The molecule has 1 aliphatic heterocycles. The fourth-order valence-electron chi connectivity index (χ4n) is 1.18. The summed E-state index contributed by atoms with van der Waals surface area (Å²) in [7, 11) is 0. The third-order valence-corrected chi connectivity index (χ3v) is 3.27. The topological polar surface area (TPSA) is 0 Å². The molecule has 0 N–H and O–H groups in total. The summed E-state index contributed by atoms with van der Waals surface area (Å²) in [5.74, 6) is 1.96. The summed E-state index contributed by atoms with van der Waals surface area (Å²) in [5.41, 5.74) is 0. The van der Waals surface area contributed by atoms with E-state index in [1.807, 2.05) is 11.8 Å². The van der Waals surface area contributed by atoms with E-state index >= 15 is 0 Å². The van der Waals surface area contributed by atoms with Gasteiger partial charge in [0.15, 0.2) is 0 Å². The summed E-state index contributed by atoms with van der Waals surface area (Å²) in [4.78, 5) is 0. The minimum Gasteiger partial charge on any atom is -0.130 e. The van der Waals surface area contributed by atoms with Crippen LogP contribution in [0.3, 0.4) is 0 Å². The molecule has 2 rings (SSSR count). The number of hydrogen-bond acceptors (Lipinski definition) is 1. The third-order valence-electron chi connectivity index (χ3n) is 1.90. The van der Waals surface area contributed by atoms with Crippen LogP contribution in [0, 0.1) is 11.8 Å². The molecule has 0 aromatic carbocycles. The van der Waals surface area contributed by atoms with Crippen molar-refractivity contribution in [3.63, 3.8) is 0 Å². The number of fused-ring (bicyclic) bond motifs is 1. The summed E-state index contributed by atoms with van der Waals surface area (Å²) in [5, 5.41) is 3.22. The molecule has 1 heteroatoms. The molecule has 0 spiro atoms. The van der Waals surface area contributed by atoms with Crippen LogP contribution >= 0.6 is 11.8 Å². The van der Waals surface area contributed by atoms with Gasteiger partial charge in [0.05, 0.1) is 0 Å². The lowest BCUT2D eigenvalue weighted by Crippen LogP contribution is -1.68. The van der Waals surface area contributed by atoms with Crippen molar-refractivity contribution in [2.75, 3.05) is 0 Å². The van der Waals surface area contributed by atoms with Gasteiger partial charge in [-0.05, 0) is 17.2 Å². The van der Waals surface area contributed by atoms with Crippen molar-refractivity contribution in [1.29, 1.82) is 0 Å². The number of thioether (sulfide) groups is 1. The molecular weight excluding hydrogens is 104 g/mol. The largest absolute Gasteiger partial charge is 0.130 e. The molecule has 1 aliphatic carbocycles. The highest BCUT2D eigenvalue weighted by molar-refractivity contribution is 8.03. The van der Waals surface area contributed by atoms with Crippen molar-refractivity contribution in [1.82, 2.24) is 0 Å². The van der Waals surface area contributed by atoms with Crippen molar-refractivity contribution in [3.05, 3.63) is 11.5 Å². The Kier molecular flexibility index (Phi) is 0.620. The van der Waals surface area contributed by atoms with Gasteiger partial charge < -0.3 is 0 Å². The zero-order valence-corrected chi connectivity index (χ0v) is 5.11. The summed E-state index contributed by atoms with van der Waals surface area (Å²) >= 11 is 2.00. The van der Waals surface area contributed by atoms with Crippen molar-refractivity contribution in [2.45, 2.75) is 12.2 Å². The molecule has 2 aliphatic rings. The van der Waals surface area contributed by atoms with Gasteiger partial charge in [0, 0.05) is 5.25 Å². The molecule has 7 heavy (non-hydrogen) atoms. The molecule has 0 aromatic rings. The summed E-state index contributed by atoms with van der Waals surface area (Å²) < 4.78 is 0. The maximum absolute atomic E-state index is 2.33. The predicted octanol–water partition coefficient (Wildman–Crippen LogP) is 1.88. The zero-order valence-electron chi connectivity index (χ0n) is 4.29. The maximum Gasteiger partial charge on any atom is 0.0186 e. The molecular formula is C6H8S. The van der Waals surface area contributed by atoms with E-state index in [0.717, 1.165) is 17.1 Å². The Morgan fingerprint density at radius 3 is 2.71 bits per heavy atom. The molecule has 0 unspecified atom stereocenters. The Morgan fingerprint density at radius 1 is 1.57 bits per heavy atom. The first-order valence-electron chi connectivity index (χ1n) is 2.72. The van der Waals surface area contributed by atoms with E-state index in [9.17, 15) is 0 Å². The smallest absolute Gasteiger partial charge is 0.0186 e. The van der Waals surface area contributed by atoms with Crippen LogP contribution in [0.25, 0.3) is 0 Å². The number of hydrogen-bond donors (Lipinski definition) is 0. The van der Waals surface area contributed by atoms with E-state index in [-0.39, 0.29) is 0 Å². The van der Waals surface area contributed by atoms with Gasteiger partial charge in [0.2, 0.25) is 0 Å². The van der Waals surface area contributed by atoms with Gasteiger partial charge in [-0.3, -0.25) is 0 Å². The fraction of sp³-hybridized carbons (Fsp3) is 0.667. The maximum atomic E-state index is 2.33. The van der Waals surface area contributed by atoms with E-state index in [1.54, 1.807) is 0 Å². The van der Waals surface area contributed by atoms with Crippen LogP contribution < -0.4 is 0 Å². The zero-order chi connectivity index (χ0) is 4.85. The minimum atomic E-state index is 0.963. The molecule has 0 nitrogen and oxygen atoms in total.